The summed E-state index contributed by atoms with van der Waals surface area (Å²) >= 11 is 0. The molecule has 2 aromatic carbocycles. The monoisotopic (exact) mass is 358 g/mol. The summed E-state index contributed by atoms with van der Waals surface area (Å²) in [6.07, 6.45) is 0. The average Bonchev–Trinajstić information content (AvgIpc) is 3.09. The van der Waals surface area contributed by atoms with Gasteiger partial charge in [0.15, 0.2) is 11.5 Å². The Kier molecular flexibility index (Phi) is 5.36. The molecule has 2 amide bonds. The lowest BCUT2D eigenvalue weighted by Crippen LogP contribution is -2.39. The van der Waals surface area contributed by atoms with Crippen LogP contribution in [0.4, 0.5) is 4.39 Å². The van der Waals surface area contributed by atoms with E-state index >= 15 is 0 Å². The van der Waals surface area contributed by atoms with Crippen LogP contribution in [-0.2, 0) is 22.7 Å². The quantitative estimate of drug-likeness (QED) is 0.860. The number of hydrogen-bond acceptors (Lipinski definition) is 4. The van der Waals surface area contributed by atoms with E-state index < -0.39 is 0 Å². The number of carbonyl (C=O) groups is 2. The molecule has 0 aliphatic carbocycles. The number of ether oxygens (including phenoxy) is 2. The predicted octanol–water partition coefficient (Wildman–Crippen LogP) is 2.22. The molecular weight excluding hydrogens is 339 g/mol. The molecule has 0 spiro atoms. The van der Waals surface area contributed by atoms with Gasteiger partial charge in [0.1, 0.15) is 5.82 Å². The van der Waals surface area contributed by atoms with Crippen LogP contribution < -0.4 is 14.8 Å². The summed E-state index contributed by atoms with van der Waals surface area (Å²) in [5.74, 6) is 0.484. The molecule has 0 saturated heterocycles. The molecule has 3 rings (SSSR count). The van der Waals surface area contributed by atoms with Gasteiger partial charge in [-0.3, -0.25) is 9.59 Å². The summed E-state index contributed by atoms with van der Waals surface area (Å²) in [5.41, 5.74) is 1.63. The fraction of sp³-hybridized carbons (Fsp3) is 0.263. The van der Waals surface area contributed by atoms with Gasteiger partial charge >= 0.3 is 0 Å². The average molecular weight is 358 g/mol. The third kappa shape index (κ3) is 4.50. The van der Waals surface area contributed by atoms with E-state index in [1.165, 1.54) is 24.0 Å². The maximum absolute atomic E-state index is 13.0. The maximum Gasteiger partial charge on any atom is 0.239 e. The molecule has 26 heavy (non-hydrogen) atoms. The van der Waals surface area contributed by atoms with E-state index in [-0.39, 0.29) is 37.5 Å². The SMILES string of the molecule is CC(=O)N(CC(=O)NCc1ccc2c(c1)OCO2)Cc1ccc(F)cc1. The van der Waals surface area contributed by atoms with E-state index in [0.29, 0.717) is 18.0 Å². The Morgan fingerprint density at radius 2 is 1.77 bits per heavy atom. The molecule has 1 N–H and O–H groups in total. The predicted molar refractivity (Wildman–Crippen MR) is 91.9 cm³/mol. The van der Waals surface area contributed by atoms with Gasteiger partial charge in [-0.05, 0) is 35.4 Å². The summed E-state index contributed by atoms with van der Waals surface area (Å²) in [5, 5.41) is 2.78. The molecule has 1 aliphatic heterocycles. The van der Waals surface area contributed by atoms with Gasteiger partial charge in [0.25, 0.3) is 0 Å². The number of amides is 2. The molecule has 0 unspecified atom stereocenters. The van der Waals surface area contributed by atoms with Gasteiger partial charge in [0.2, 0.25) is 18.6 Å². The number of fused-ring (bicyclic) bond motifs is 1. The lowest BCUT2D eigenvalue weighted by Gasteiger charge is -2.20. The number of benzene rings is 2. The number of halogens is 1. The highest BCUT2D eigenvalue weighted by molar-refractivity contribution is 5.83. The van der Waals surface area contributed by atoms with Crippen LogP contribution in [0.15, 0.2) is 42.5 Å². The zero-order chi connectivity index (χ0) is 18.5. The van der Waals surface area contributed by atoms with Gasteiger partial charge in [-0.15, -0.1) is 0 Å². The molecular formula is C19H19FN2O4. The van der Waals surface area contributed by atoms with E-state index in [1.807, 2.05) is 12.1 Å². The second-order valence-electron chi connectivity index (χ2n) is 5.97. The fourth-order valence-electron chi connectivity index (χ4n) is 2.57. The van der Waals surface area contributed by atoms with Crippen LogP contribution >= 0.6 is 0 Å². The molecule has 6 nitrogen and oxygen atoms in total. The van der Waals surface area contributed by atoms with Gasteiger partial charge in [-0.1, -0.05) is 18.2 Å². The minimum absolute atomic E-state index is 0.0722. The zero-order valence-corrected chi connectivity index (χ0v) is 14.3. The van der Waals surface area contributed by atoms with Gasteiger partial charge in [0, 0.05) is 20.0 Å². The molecule has 0 radical (unpaired) electrons. The smallest absolute Gasteiger partial charge is 0.239 e. The standard InChI is InChI=1S/C19H19FN2O4/c1-13(23)22(10-14-2-5-16(20)6-3-14)11-19(24)21-9-15-4-7-17-18(8-15)26-12-25-17/h2-8H,9-12H2,1H3,(H,21,24). The minimum Gasteiger partial charge on any atom is -0.454 e. The highest BCUT2D eigenvalue weighted by Crippen LogP contribution is 2.32. The lowest BCUT2D eigenvalue weighted by atomic mass is 10.2. The molecule has 1 heterocycles. The summed E-state index contributed by atoms with van der Waals surface area (Å²) < 4.78 is 23.5. The van der Waals surface area contributed by atoms with Crippen molar-refractivity contribution in [2.45, 2.75) is 20.0 Å². The normalized spacial score (nSPS) is 11.9. The van der Waals surface area contributed by atoms with Crippen LogP contribution in [0.2, 0.25) is 0 Å². The number of nitrogens with one attached hydrogen (secondary N) is 1. The van der Waals surface area contributed by atoms with E-state index in [1.54, 1.807) is 18.2 Å². The first-order valence-electron chi connectivity index (χ1n) is 8.16. The van der Waals surface area contributed by atoms with Crippen LogP contribution in [-0.4, -0.2) is 30.1 Å². The van der Waals surface area contributed by atoms with Gasteiger partial charge < -0.3 is 19.7 Å². The lowest BCUT2D eigenvalue weighted by molar-refractivity contribution is -0.135. The van der Waals surface area contributed by atoms with Gasteiger partial charge in [-0.25, -0.2) is 4.39 Å². The van der Waals surface area contributed by atoms with Gasteiger partial charge in [-0.2, -0.15) is 0 Å². The van der Waals surface area contributed by atoms with Gasteiger partial charge in [0.05, 0.1) is 6.54 Å². The molecule has 0 aromatic heterocycles. The molecule has 0 bridgehead atoms. The van der Waals surface area contributed by atoms with Crippen molar-refractivity contribution in [2.24, 2.45) is 0 Å². The number of nitrogens with zero attached hydrogens (tertiary/aromatic N) is 1. The van der Waals surface area contributed by atoms with Crippen molar-refractivity contribution < 1.29 is 23.5 Å². The summed E-state index contributed by atoms with van der Waals surface area (Å²) in [6, 6.07) is 11.3. The van der Waals surface area contributed by atoms with Crippen molar-refractivity contribution >= 4 is 11.8 Å². The molecule has 0 fully saturated rings. The van der Waals surface area contributed by atoms with Crippen LogP contribution in [0.1, 0.15) is 18.1 Å². The van der Waals surface area contributed by atoms with Crippen molar-refractivity contribution in [1.82, 2.24) is 10.2 Å². The van der Waals surface area contributed by atoms with Crippen LogP contribution in [0.25, 0.3) is 0 Å². The molecule has 0 atom stereocenters. The summed E-state index contributed by atoms with van der Waals surface area (Å²) in [6.45, 7) is 2.08. The minimum atomic E-state index is -0.343. The van der Waals surface area contributed by atoms with Crippen molar-refractivity contribution in [3.05, 3.63) is 59.4 Å². The van der Waals surface area contributed by atoms with E-state index in [2.05, 4.69) is 5.32 Å². The molecule has 1 aliphatic rings. The second-order valence-corrected chi connectivity index (χ2v) is 5.97. The maximum atomic E-state index is 13.0. The molecule has 136 valence electrons. The second kappa shape index (κ2) is 7.86. The summed E-state index contributed by atoms with van der Waals surface area (Å²) in [7, 11) is 0. The Morgan fingerprint density at radius 1 is 1.08 bits per heavy atom. The molecule has 0 saturated carbocycles. The first kappa shape index (κ1) is 17.7. The topological polar surface area (TPSA) is 67.9 Å². The van der Waals surface area contributed by atoms with Crippen molar-refractivity contribution in [2.75, 3.05) is 13.3 Å². The Morgan fingerprint density at radius 3 is 2.50 bits per heavy atom. The summed E-state index contributed by atoms with van der Waals surface area (Å²) in [4.78, 5) is 25.4. The molecule has 2 aromatic rings. The Balaban J connectivity index is 1.54. The number of carbonyl (C=O) groups excluding carboxylic acids is 2. The third-order valence-corrected chi connectivity index (χ3v) is 3.99. The highest BCUT2D eigenvalue weighted by Gasteiger charge is 2.16. The Hall–Kier alpha value is -3.09. The largest absolute Gasteiger partial charge is 0.454 e. The van der Waals surface area contributed by atoms with Crippen LogP contribution in [0, 0.1) is 5.82 Å². The van der Waals surface area contributed by atoms with E-state index in [0.717, 1.165) is 11.1 Å². The first-order valence-corrected chi connectivity index (χ1v) is 8.16. The Labute approximate surface area is 150 Å². The van der Waals surface area contributed by atoms with Crippen LogP contribution in [0.3, 0.4) is 0 Å². The molecule has 7 heteroatoms. The van der Waals surface area contributed by atoms with E-state index in [9.17, 15) is 14.0 Å². The Bertz CT molecular complexity index is 808. The highest BCUT2D eigenvalue weighted by atomic mass is 19.1. The number of rotatable bonds is 6. The van der Waals surface area contributed by atoms with Crippen molar-refractivity contribution in [3.63, 3.8) is 0 Å². The van der Waals surface area contributed by atoms with Crippen molar-refractivity contribution in [3.8, 4) is 11.5 Å². The van der Waals surface area contributed by atoms with E-state index in [4.69, 9.17) is 9.47 Å². The zero-order valence-electron chi connectivity index (χ0n) is 14.3. The third-order valence-electron chi connectivity index (χ3n) is 3.99. The number of hydrogen-bond donors (Lipinski definition) is 1. The fourth-order valence-corrected chi connectivity index (χ4v) is 2.57. The van der Waals surface area contributed by atoms with Crippen LogP contribution in [0.5, 0.6) is 11.5 Å². The first-order chi connectivity index (χ1) is 12.5. The van der Waals surface area contributed by atoms with Crippen molar-refractivity contribution in [1.29, 1.82) is 0 Å².